The number of benzene rings is 1. The minimum atomic E-state index is 0.0205. The van der Waals surface area contributed by atoms with Crippen LogP contribution >= 0.6 is 23.4 Å². The molecule has 0 fully saturated rings. The fraction of sp³-hybridized carbons (Fsp3) is 0.100. The van der Waals surface area contributed by atoms with Gasteiger partial charge in [0.15, 0.2) is 11.0 Å². The third kappa shape index (κ3) is 2.57. The molecule has 0 radical (unpaired) electrons. The number of halogens is 1. The van der Waals surface area contributed by atoms with Crippen molar-refractivity contribution in [2.24, 2.45) is 17.9 Å². The molecule has 2 rings (SSSR count). The molecular weight excluding hydrogens is 274 g/mol. The zero-order valence-corrected chi connectivity index (χ0v) is 11.0. The minimum absolute atomic E-state index is 0.0205. The smallest absolute Gasteiger partial charge is 0.195 e. The van der Waals surface area contributed by atoms with Crippen LogP contribution in [0.25, 0.3) is 0 Å². The quantitative estimate of drug-likeness (QED) is 0.387. The average Bonchev–Trinajstić information content (AvgIpc) is 2.76. The summed E-state index contributed by atoms with van der Waals surface area (Å²) < 4.78 is 1.79. The number of nitrogens with zero attached hydrogens (tertiary/aromatic N) is 4. The Labute approximate surface area is 112 Å². The number of rotatable bonds is 3. The second-order valence-electron chi connectivity index (χ2n) is 3.46. The Morgan fingerprint density at radius 3 is 2.89 bits per heavy atom. The fourth-order valence-corrected chi connectivity index (χ4v) is 2.33. The summed E-state index contributed by atoms with van der Waals surface area (Å²) >= 11 is 7.52. The molecule has 8 heteroatoms. The maximum atomic E-state index is 8.59. The number of oxime groups is 1. The summed E-state index contributed by atoms with van der Waals surface area (Å²) in [6.07, 6.45) is 1.61. The summed E-state index contributed by atoms with van der Waals surface area (Å²) in [6, 6.07) is 5.14. The van der Waals surface area contributed by atoms with Crippen molar-refractivity contribution >= 4 is 29.2 Å². The van der Waals surface area contributed by atoms with Gasteiger partial charge in [-0.2, -0.15) is 0 Å². The number of aryl methyl sites for hydroxylation is 1. The Hall–Kier alpha value is -1.73. The van der Waals surface area contributed by atoms with E-state index in [9.17, 15) is 0 Å². The lowest BCUT2D eigenvalue weighted by Crippen LogP contribution is -2.12. The SMILES string of the molecule is Cn1cnnc1Sc1ccc(C(N)=NO)cc1Cl. The van der Waals surface area contributed by atoms with E-state index in [1.807, 2.05) is 7.05 Å². The minimum Gasteiger partial charge on any atom is -0.409 e. The molecule has 0 atom stereocenters. The predicted molar refractivity (Wildman–Crippen MR) is 69.1 cm³/mol. The van der Waals surface area contributed by atoms with Gasteiger partial charge in [-0.1, -0.05) is 16.8 Å². The number of amidine groups is 1. The molecule has 18 heavy (non-hydrogen) atoms. The molecular formula is C10H10ClN5OS. The van der Waals surface area contributed by atoms with Gasteiger partial charge in [0.25, 0.3) is 0 Å². The number of hydrogen-bond acceptors (Lipinski definition) is 5. The summed E-state index contributed by atoms with van der Waals surface area (Å²) in [5, 5.41) is 20.5. The standard InChI is InChI=1S/C10H10ClN5OS/c1-16-5-13-14-10(16)18-8-3-2-6(4-7(8)11)9(12)15-17/h2-5,17H,1H3,(H2,12,15). The zero-order chi connectivity index (χ0) is 13.1. The second-order valence-corrected chi connectivity index (χ2v) is 4.87. The molecule has 0 unspecified atom stereocenters. The van der Waals surface area contributed by atoms with Crippen LogP contribution in [-0.2, 0) is 7.05 Å². The molecule has 1 aromatic carbocycles. The van der Waals surface area contributed by atoms with Gasteiger partial charge in [-0.05, 0) is 30.0 Å². The molecule has 3 N–H and O–H groups in total. The highest BCUT2D eigenvalue weighted by atomic mass is 35.5. The summed E-state index contributed by atoms with van der Waals surface area (Å²) in [5.41, 5.74) is 6.04. The van der Waals surface area contributed by atoms with Crippen LogP contribution in [0.15, 0.2) is 39.7 Å². The van der Waals surface area contributed by atoms with Crippen molar-refractivity contribution in [3.63, 3.8) is 0 Å². The highest BCUT2D eigenvalue weighted by Crippen LogP contribution is 2.32. The third-order valence-corrected chi connectivity index (χ3v) is 3.76. The van der Waals surface area contributed by atoms with E-state index in [0.717, 1.165) is 10.1 Å². The van der Waals surface area contributed by atoms with Crippen molar-refractivity contribution in [1.82, 2.24) is 14.8 Å². The van der Waals surface area contributed by atoms with Gasteiger partial charge in [0, 0.05) is 17.5 Å². The molecule has 0 aliphatic heterocycles. The average molecular weight is 284 g/mol. The molecule has 1 heterocycles. The first-order valence-corrected chi connectivity index (χ1v) is 6.10. The van der Waals surface area contributed by atoms with Crippen LogP contribution in [-0.4, -0.2) is 25.8 Å². The van der Waals surface area contributed by atoms with Crippen molar-refractivity contribution < 1.29 is 5.21 Å². The summed E-state index contributed by atoms with van der Waals surface area (Å²) in [4.78, 5) is 0.822. The molecule has 0 amide bonds. The first kappa shape index (κ1) is 12.7. The van der Waals surface area contributed by atoms with Crippen LogP contribution in [0.1, 0.15) is 5.56 Å². The van der Waals surface area contributed by atoms with Crippen LogP contribution in [0, 0.1) is 0 Å². The van der Waals surface area contributed by atoms with E-state index in [4.69, 9.17) is 22.5 Å². The number of nitrogens with two attached hydrogens (primary N) is 1. The maximum Gasteiger partial charge on any atom is 0.195 e. The van der Waals surface area contributed by atoms with E-state index in [0.29, 0.717) is 10.6 Å². The molecule has 0 aliphatic carbocycles. The summed E-state index contributed by atoms with van der Waals surface area (Å²) in [6.45, 7) is 0. The van der Waals surface area contributed by atoms with Gasteiger partial charge in [0.2, 0.25) is 0 Å². The Morgan fingerprint density at radius 1 is 1.56 bits per heavy atom. The van der Waals surface area contributed by atoms with Gasteiger partial charge in [-0.15, -0.1) is 10.2 Å². The topological polar surface area (TPSA) is 89.3 Å². The van der Waals surface area contributed by atoms with Gasteiger partial charge >= 0.3 is 0 Å². The normalized spacial score (nSPS) is 11.8. The molecule has 1 aromatic heterocycles. The zero-order valence-electron chi connectivity index (χ0n) is 9.41. The van der Waals surface area contributed by atoms with Crippen LogP contribution in [0.4, 0.5) is 0 Å². The van der Waals surface area contributed by atoms with Crippen LogP contribution < -0.4 is 5.73 Å². The Balaban J connectivity index is 2.28. The van der Waals surface area contributed by atoms with Crippen molar-refractivity contribution in [2.75, 3.05) is 0 Å². The van der Waals surface area contributed by atoms with Crippen molar-refractivity contribution in [2.45, 2.75) is 10.1 Å². The molecule has 0 aliphatic rings. The predicted octanol–water partition coefficient (Wildman–Crippen LogP) is 1.71. The Bertz CT molecular complexity index is 598. The summed E-state index contributed by atoms with van der Waals surface area (Å²) in [5.74, 6) is 0.0205. The molecule has 6 nitrogen and oxygen atoms in total. The monoisotopic (exact) mass is 283 g/mol. The first-order chi connectivity index (χ1) is 8.61. The Morgan fingerprint density at radius 2 is 2.33 bits per heavy atom. The second kappa shape index (κ2) is 5.28. The maximum absolute atomic E-state index is 8.59. The molecule has 0 saturated carbocycles. The summed E-state index contributed by atoms with van der Waals surface area (Å²) in [7, 11) is 1.85. The highest BCUT2D eigenvalue weighted by molar-refractivity contribution is 7.99. The van der Waals surface area contributed by atoms with Crippen LogP contribution in [0.3, 0.4) is 0 Å². The molecule has 0 saturated heterocycles. The van der Waals surface area contributed by atoms with Crippen molar-refractivity contribution in [3.05, 3.63) is 35.1 Å². The van der Waals surface area contributed by atoms with E-state index >= 15 is 0 Å². The van der Waals surface area contributed by atoms with Crippen molar-refractivity contribution in [1.29, 1.82) is 0 Å². The largest absolute Gasteiger partial charge is 0.409 e. The molecule has 0 bridgehead atoms. The van der Waals surface area contributed by atoms with E-state index < -0.39 is 0 Å². The van der Waals surface area contributed by atoms with Gasteiger partial charge < -0.3 is 15.5 Å². The number of hydrogen-bond donors (Lipinski definition) is 2. The highest BCUT2D eigenvalue weighted by Gasteiger charge is 2.09. The van der Waals surface area contributed by atoms with E-state index in [1.54, 1.807) is 29.1 Å². The lowest BCUT2D eigenvalue weighted by Gasteiger charge is -2.05. The van der Waals surface area contributed by atoms with Gasteiger partial charge in [0.05, 0.1) is 5.02 Å². The van der Waals surface area contributed by atoms with Gasteiger partial charge in [-0.3, -0.25) is 0 Å². The third-order valence-electron chi connectivity index (χ3n) is 2.21. The molecule has 94 valence electrons. The lowest BCUT2D eigenvalue weighted by atomic mass is 10.2. The van der Waals surface area contributed by atoms with Gasteiger partial charge in [0.1, 0.15) is 6.33 Å². The van der Waals surface area contributed by atoms with Crippen LogP contribution in [0.2, 0.25) is 5.02 Å². The van der Waals surface area contributed by atoms with Crippen LogP contribution in [0.5, 0.6) is 0 Å². The van der Waals surface area contributed by atoms with E-state index in [1.165, 1.54) is 11.8 Å². The van der Waals surface area contributed by atoms with Gasteiger partial charge in [-0.25, -0.2) is 0 Å². The fourth-order valence-electron chi connectivity index (χ4n) is 1.26. The molecule has 0 spiro atoms. The van der Waals surface area contributed by atoms with E-state index in [-0.39, 0.29) is 5.84 Å². The van der Waals surface area contributed by atoms with Crippen molar-refractivity contribution in [3.8, 4) is 0 Å². The van der Waals surface area contributed by atoms with E-state index in [2.05, 4.69) is 15.4 Å². The number of aromatic nitrogens is 3. The lowest BCUT2D eigenvalue weighted by molar-refractivity contribution is 0.318. The first-order valence-electron chi connectivity index (χ1n) is 4.91. The Kier molecular flexibility index (Phi) is 3.73. The molecule has 2 aromatic rings.